The van der Waals surface area contributed by atoms with Crippen LogP contribution in [0.2, 0.25) is 10.0 Å². The Morgan fingerprint density at radius 3 is 2.64 bits per heavy atom. The van der Waals surface area contributed by atoms with Gasteiger partial charge in [0.2, 0.25) is 0 Å². The van der Waals surface area contributed by atoms with Gasteiger partial charge in [-0.25, -0.2) is 4.79 Å². The first-order valence-electron chi connectivity index (χ1n) is 9.26. The van der Waals surface area contributed by atoms with Gasteiger partial charge in [0.15, 0.2) is 0 Å². The number of hydrogen-bond donors (Lipinski definition) is 1. The van der Waals surface area contributed by atoms with Crippen LogP contribution in [0.15, 0.2) is 30.3 Å². The minimum atomic E-state index is -0.880. The van der Waals surface area contributed by atoms with Crippen molar-refractivity contribution in [3.05, 3.63) is 50.1 Å². The molecule has 3 rings (SSSR count). The topological polar surface area (TPSA) is 70.3 Å². The maximum absolute atomic E-state index is 11.0. The van der Waals surface area contributed by atoms with Crippen molar-refractivity contribution < 1.29 is 14.6 Å². The largest absolute Gasteiger partial charge is 0.493 e. The molecule has 0 radical (unpaired) electrons. The summed E-state index contributed by atoms with van der Waals surface area (Å²) in [6, 6.07) is 11.2. The molecular weight excluding hydrogens is 417 g/mol. The molecule has 1 aromatic carbocycles. The molecule has 7 heteroatoms. The van der Waals surface area contributed by atoms with E-state index in [1.807, 2.05) is 6.07 Å². The number of halogens is 2. The summed E-state index contributed by atoms with van der Waals surface area (Å²) in [5, 5.41) is 19.6. The van der Waals surface area contributed by atoms with Crippen molar-refractivity contribution in [1.29, 1.82) is 5.26 Å². The van der Waals surface area contributed by atoms with E-state index in [4.69, 9.17) is 33.0 Å². The molecule has 0 saturated heterocycles. The van der Waals surface area contributed by atoms with E-state index in [2.05, 4.69) is 6.07 Å². The Kier molecular flexibility index (Phi) is 7.23. The Labute approximate surface area is 178 Å². The standard InChI is InChI=1S/C21H21Cl2NO3S/c22-15-8-16(23)10-17(9-15)27-12-14-5-4-13(11-24)19(14)3-1-2-18-6-7-20(28-18)21(25)26/h6-10,13-14,19H,1-5,12H2,(H,25,26)/t13-,14+,19-/m0/s1. The molecule has 2 aromatic rings. The van der Waals surface area contributed by atoms with E-state index in [0.717, 1.165) is 37.0 Å². The molecule has 1 aliphatic rings. The van der Waals surface area contributed by atoms with Crippen molar-refractivity contribution in [3.8, 4) is 11.8 Å². The van der Waals surface area contributed by atoms with Crippen LogP contribution in [0.5, 0.6) is 5.75 Å². The van der Waals surface area contributed by atoms with E-state index in [1.165, 1.54) is 11.3 Å². The molecule has 0 unspecified atom stereocenters. The van der Waals surface area contributed by atoms with Gasteiger partial charge in [0, 0.05) is 20.8 Å². The van der Waals surface area contributed by atoms with Gasteiger partial charge < -0.3 is 9.84 Å². The van der Waals surface area contributed by atoms with Crippen molar-refractivity contribution in [3.63, 3.8) is 0 Å². The molecule has 0 spiro atoms. The predicted molar refractivity (Wildman–Crippen MR) is 111 cm³/mol. The number of carbonyl (C=O) groups is 1. The zero-order chi connectivity index (χ0) is 20.1. The van der Waals surface area contributed by atoms with Gasteiger partial charge in [0.05, 0.1) is 12.7 Å². The molecule has 1 aromatic heterocycles. The second-order valence-electron chi connectivity index (χ2n) is 7.12. The number of hydrogen-bond acceptors (Lipinski definition) is 4. The van der Waals surface area contributed by atoms with Crippen LogP contribution in [0.4, 0.5) is 0 Å². The zero-order valence-corrected chi connectivity index (χ0v) is 17.6. The number of ether oxygens (including phenoxy) is 1. The van der Waals surface area contributed by atoms with E-state index in [9.17, 15) is 10.1 Å². The van der Waals surface area contributed by atoms with Gasteiger partial charge in [-0.05, 0) is 74.3 Å². The Balaban J connectivity index is 1.55. The van der Waals surface area contributed by atoms with Crippen LogP contribution in [-0.4, -0.2) is 17.7 Å². The van der Waals surface area contributed by atoms with Crippen LogP contribution in [-0.2, 0) is 6.42 Å². The van der Waals surface area contributed by atoms with Crippen molar-refractivity contribution >= 4 is 40.5 Å². The smallest absolute Gasteiger partial charge is 0.345 e. The third-order valence-corrected chi connectivity index (χ3v) is 6.84. The van der Waals surface area contributed by atoms with E-state index in [-0.39, 0.29) is 5.92 Å². The predicted octanol–water partition coefficient (Wildman–Crippen LogP) is 6.32. The number of carboxylic acids is 1. The average molecular weight is 438 g/mol. The average Bonchev–Trinajstić information content (AvgIpc) is 3.26. The highest BCUT2D eigenvalue weighted by atomic mass is 35.5. The van der Waals surface area contributed by atoms with Gasteiger partial charge in [-0.3, -0.25) is 0 Å². The fourth-order valence-electron chi connectivity index (χ4n) is 3.91. The van der Waals surface area contributed by atoms with E-state index >= 15 is 0 Å². The number of nitriles is 1. The highest BCUT2D eigenvalue weighted by molar-refractivity contribution is 7.13. The zero-order valence-electron chi connectivity index (χ0n) is 15.2. The second kappa shape index (κ2) is 9.65. The summed E-state index contributed by atoms with van der Waals surface area (Å²) in [5.41, 5.74) is 0. The highest BCUT2D eigenvalue weighted by Gasteiger charge is 2.36. The summed E-state index contributed by atoms with van der Waals surface area (Å²) in [7, 11) is 0. The Morgan fingerprint density at radius 1 is 1.25 bits per heavy atom. The fraction of sp³-hybridized carbons (Fsp3) is 0.429. The SMILES string of the molecule is N#C[C@@H]1CC[C@H](COc2cc(Cl)cc(Cl)c2)[C@H]1CCCc1ccc(C(=O)O)s1. The van der Waals surface area contributed by atoms with Crippen LogP contribution in [0.3, 0.4) is 0 Å². The first kappa shape index (κ1) is 21.0. The summed E-state index contributed by atoms with van der Waals surface area (Å²) in [5.74, 6) is 0.430. The lowest BCUT2D eigenvalue weighted by Crippen LogP contribution is -2.20. The highest BCUT2D eigenvalue weighted by Crippen LogP contribution is 2.40. The molecule has 3 atom stereocenters. The summed E-state index contributed by atoms with van der Waals surface area (Å²) in [6.07, 6.45) is 4.57. The first-order valence-corrected chi connectivity index (χ1v) is 10.8. The number of carboxylic acid groups (broad SMARTS) is 1. The molecule has 1 fully saturated rings. The number of aromatic carboxylic acids is 1. The van der Waals surface area contributed by atoms with E-state index < -0.39 is 5.97 Å². The van der Waals surface area contributed by atoms with Crippen molar-refractivity contribution in [2.45, 2.75) is 32.1 Å². The molecule has 1 N–H and O–H groups in total. The van der Waals surface area contributed by atoms with Gasteiger partial charge in [0.1, 0.15) is 10.6 Å². The van der Waals surface area contributed by atoms with Gasteiger partial charge in [-0.1, -0.05) is 23.2 Å². The minimum Gasteiger partial charge on any atom is -0.493 e. The van der Waals surface area contributed by atoms with Crippen molar-refractivity contribution in [2.75, 3.05) is 6.61 Å². The lowest BCUT2D eigenvalue weighted by molar-refractivity contribution is 0.0702. The molecule has 1 heterocycles. The number of benzene rings is 1. The van der Waals surface area contributed by atoms with Gasteiger partial charge in [-0.2, -0.15) is 5.26 Å². The second-order valence-corrected chi connectivity index (χ2v) is 9.16. The molecule has 28 heavy (non-hydrogen) atoms. The fourth-order valence-corrected chi connectivity index (χ4v) is 5.30. The Hall–Kier alpha value is -1.74. The van der Waals surface area contributed by atoms with Crippen molar-refractivity contribution in [2.24, 2.45) is 17.8 Å². The monoisotopic (exact) mass is 437 g/mol. The number of nitrogens with zero attached hydrogens (tertiary/aromatic N) is 1. The van der Waals surface area contributed by atoms with Crippen LogP contribution >= 0.6 is 34.5 Å². The molecule has 4 nitrogen and oxygen atoms in total. The molecule has 148 valence electrons. The quantitative estimate of drug-likeness (QED) is 0.524. The molecule has 0 aliphatic heterocycles. The van der Waals surface area contributed by atoms with Crippen LogP contribution in [0.1, 0.15) is 40.2 Å². The molecule has 1 aliphatic carbocycles. The van der Waals surface area contributed by atoms with Gasteiger partial charge in [-0.15, -0.1) is 11.3 Å². The summed E-state index contributed by atoms with van der Waals surface area (Å²) in [4.78, 5) is 12.4. The normalized spacial score (nSPS) is 21.4. The molecular formula is C21H21Cl2NO3S. The van der Waals surface area contributed by atoms with E-state index in [0.29, 0.717) is 39.1 Å². The number of rotatable bonds is 8. The van der Waals surface area contributed by atoms with Crippen LogP contribution in [0.25, 0.3) is 0 Å². The molecule has 0 bridgehead atoms. The maximum atomic E-state index is 11.0. The third kappa shape index (κ3) is 5.41. The lowest BCUT2D eigenvalue weighted by Gasteiger charge is -2.22. The van der Waals surface area contributed by atoms with Crippen molar-refractivity contribution in [1.82, 2.24) is 0 Å². The van der Waals surface area contributed by atoms with Gasteiger partial charge in [0.25, 0.3) is 0 Å². The summed E-state index contributed by atoms with van der Waals surface area (Å²) < 4.78 is 5.93. The Bertz CT molecular complexity index is 857. The van der Waals surface area contributed by atoms with Gasteiger partial charge >= 0.3 is 5.97 Å². The number of thiophene rings is 1. The minimum absolute atomic E-state index is 0.0504. The first-order chi connectivity index (χ1) is 13.5. The molecule has 0 amide bonds. The molecule has 1 saturated carbocycles. The van der Waals surface area contributed by atoms with Crippen LogP contribution < -0.4 is 4.74 Å². The summed E-state index contributed by atoms with van der Waals surface area (Å²) >= 11 is 13.4. The lowest BCUT2D eigenvalue weighted by atomic mass is 9.86. The number of aryl methyl sites for hydroxylation is 1. The maximum Gasteiger partial charge on any atom is 0.345 e. The van der Waals surface area contributed by atoms with E-state index in [1.54, 1.807) is 24.3 Å². The third-order valence-electron chi connectivity index (χ3n) is 5.27. The van der Waals surface area contributed by atoms with Crippen LogP contribution in [0, 0.1) is 29.1 Å². The Morgan fingerprint density at radius 2 is 2.00 bits per heavy atom. The summed E-state index contributed by atoms with van der Waals surface area (Å²) in [6.45, 7) is 0.543.